The molecule has 15 heteroatoms. The number of aromatic nitrogens is 5. The van der Waals surface area contributed by atoms with E-state index in [0.29, 0.717) is 10.2 Å². The molecule has 0 saturated carbocycles. The fraction of sp³-hybridized carbons (Fsp3) is 0.333. The van der Waals surface area contributed by atoms with Crippen LogP contribution in [-0.2, 0) is 51.3 Å². The largest absolute Gasteiger partial charge is 0.465 e. The summed E-state index contributed by atoms with van der Waals surface area (Å²) < 4.78 is 34.4. The molecule has 0 aliphatic carbocycles. The van der Waals surface area contributed by atoms with Crippen molar-refractivity contribution in [3.8, 4) is 0 Å². The number of nitrogens with zero attached hydrogens (tertiary/aromatic N) is 6. The van der Waals surface area contributed by atoms with Gasteiger partial charge in [-0.05, 0) is 25.1 Å². The van der Waals surface area contributed by atoms with Gasteiger partial charge in [-0.15, -0.1) is 0 Å². The highest BCUT2D eigenvalue weighted by atomic mass is 32.2. The normalized spacial score (nSPS) is 12.5. The number of hydrogen-bond acceptors (Lipinski definition) is 9. The maximum Gasteiger partial charge on any atom is 0.332 e. The molecule has 0 N–H and O–H groups in total. The van der Waals surface area contributed by atoms with E-state index >= 15 is 0 Å². The summed E-state index contributed by atoms with van der Waals surface area (Å²) in [6, 6.07) is 4.40. The van der Waals surface area contributed by atoms with Crippen molar-refractivity contribution in [1.29, 1.82) is 0 Å². The molecular formula is C21H22N6O7S2. The average molecular weight is 535 g/mol. The van der Waals surface area contributed by atoms with Crippen molar-refractivity contribution in [2.75, 3.05) is 12.9 Å². The van der Waals surface area contributed by atoms with E-state index < -0.39 is 33.0 Å². The summed E-state index contributed by atoms with van der Waals surface area (Å²) in [5.41, 5.74) is -0.456. The van der Waals surface area contributed by atoms with E-state index in [0.717, 1.165) is 22.2 Å². The fourth-order valence-electron chi connectivity index (χ4n) is 3.66. The molecule has 4 aromatic rings. The third kappa shape index (κ3) is 4.54. The smallest absolute Gasteiger partial charge is 0.332 e. The Kier molecular flexibility index (Phi) is 6.53. The Morgan fingerprint density at radius 1 is 1.14 bits per heavy atom. The Hall–Kier alpha value is -3.85. The number of ether oxygens (including phenoxy) is 1. The Bertz CT molecular complexity index is 1840. The Labute approximate surface area is 207 Å². The molecule has 3 aromatic heterocycles. The first kappa shape index (κ1) is 25.2. The minimum atomic E-state index is -3.48. The van der Waals surface area contributed by atoms with Crippen LogP contribution in [0.25, 0.3) is 21.4 Å². The molecule has 0 atom stereocenters. The van der Waals surface area contributed by atoms with Crippen LogP contribution in [-0.4, -0.2) is 56.4 Å². The average Bonchev–Trinajstić information content (AvgIpc) is 3.37. The van der Waals surface area contributed by atoms with Crippen LogP contribution in [0.4, 0.5) is 0 Å². The number of hydrogen-bond donors (Lipinski definition) is 0. The number of thiazole rings is 1. The van der Waals surface area contributed by atoms with Crippen molar-refractivity contribution in [2.45, 2.75) is 24.9 Å². The molecule has 36 heavy (non-hydrogen) atoms. The lowest BCUT2D eigenvalue weighted by atomic mass is 10.3. The second-order valence-electron chi connectivity index (χ2n) is 7.93. The van der Waals surface area contributed by atoms with Crippen molar-refractivity contribution < 1.29 is 22.7 Å². The lowest BCUT2D eigenvalue weighted by Crippen LogP contribution is -2.37. The second kappa shape index (κ2) is 9.31. The van der Waals surface area contributed by atoms with E-state index in [-0.39, 0.29) is 40.6 Å². The molecule has 1 amide bonds. The van der Waals surface area contributed by atoms with Crippen LogP contribution in [0.15, 0.2) is 44.0 Å². The molecule has 4 rings (SSSR count). The van der Waals surface area contributed by atoms with E-state index in [1.54, 1.807) is 13.0 Å². The topological polar surface area (TPSA) is 157 Å². The number of imidazole rings is 1. The van der Waals surface area contributed by atoms with Crippen molar-refractivity contribution >= 4 is 54.4 Å². The first-order valence-electron chi connectivity index (χ1n) is 10.6. The number of esters is 1. The monoisotopic (exact) mass is 534 g/mol. The number of carbonyl (C=O) groups excluding carboxylic acids is 2. The molecule has 13 nitrogen and oxygen atoms in total. The molecule has 0 unspecified atom stereocenters. The van der Waals surface area contributed by atoms with Gasteiger partial charge in [0, 0.05) is 20.4 Å². The van der Waals surface area contributed by atoms with Crippen molar-refractivity contribution in [1.82, 2.24) is 23.3 Å². The molecule has 190 valence electrons. The zero-order chi connectivity index (χ0) is 26.4. The summed E-state index contributed by atoms with van der Waals surface area (Å²) in [7, 11) is -0.686. The number of sulfone groups is 1. The number of carbonyl (C=O) groups is 2. The lowest BCUT2D eigenvalue weighted by Gasteiger charge is -2.06. The summed E-state index contributed by atoms with van der Waals surface area (Å²) in [6.45, 7) is 1.23. The van der Waals surface area contributed by atoms with Crippen LogP contribution in [0.3, 0.4) is 0 Å². The minimum Gasteiger partial charge on any atom is -0.465 e. The van der Waals surface area contributed by atoms with Gasteiger partial charge in [-0.1, -0.05) is 11.3 Å². The van der Waals surface area contributed by atoms with Crippen LogP contribution in [0, 0.1) is 0 Å². The predicted molar refractivity (Wildman–Crippen MR) is 130 cm³/mol. The molecule has 1 aromatic carbocycles. The highest BCUT2D eigenvalue weighted by molar-refractivity contribution is 7.90. The van der Waals surface area contributed by atoms with Crippen molar-refractivity contribution in [2.24, 2.45) is 19.1 Å². The van der Waals surface area contributed by atoms with Gasteiger partial charge in [0.15, 0.2) is 25.8 Å². The van der Waals surface area contributed by atoms with E-state index in [1.165, 1.54) is 46.3 Å². The van der Waals surface area contributed by atoms with E-state index in [2.05, 4.69) is 9.98 Å². The van der Waals surface area contributed by atoms with E-state index in [9.17, 15) is 27.6 Å². The first-order chi connectivity index (χ1) is 16.9. The van der Waals surface area contributed by atoms with Gasteiger partial charge >= 0.3 is 11.7 Å². The maximum atomic E-state index is 12.9. The standard InChI is InChI=1S/C21H22N6O7S2/c1-5-34-16(29)10-27-13-7-6-12(36(4,32)33)8-14(13)35-20(27)23-15(28)9-26-11-22-18-17(26)19(30)25(3)21(31)24(18)2/h6-8,11H,5,9-10H2,1-4H3. The molecule has 0 aliphatic rings. The van der Waals surface area contributed by atoms with Crippen LogP contribution in [0.5, 0.6) is 0 Å². The van der Waals surface area contributed by atoms with E-state index in [1.807, 2.05) is 0 Å². The van der Waals surface area contributed by atoms with Gasteiger partial charge in [-0.2, -0.15) is 4.99 Å². The Balaban J connectivity index is 1.82. The minimum absolute atomic E-state index is 0.0664. The van der Waals surface area contributed by atoms with Crippen LogP contribution >= 0.6 is 11.3 Å². The molecule has 3 heterocycles. The first-order valence-corrected chi connectivity index (χ1v) is 13.3. The van der Waals surface area contributed by atoms with Crippen LogP contribution in [0.1, 0.15) is 6.92 Å². The molecule has 0 radical (unpaired) electrons. The van der Waals surface area contributed by atoms with Gasteiger partial charge in [0.2, 0.25) is 0 Å². The molecule has 0 aliphatic heterocycles. The molecule has 0 spiro atoms. The second-order valence-corrected chi connectivity index (χ2v) is 11.0. The summed E-state index contributed by atoms with van der Waals surface area (Å²) in [5, 5.41) is 0. The highest BCUT2D eigenvalue weighted by Crippen LogP contribution is 2.22. The summed E-state index contributed by atoms with van der Waals surface area (Å²) >= 11 is 1.04. The third-order valence-electron chi connectivity index (χ3n) is 5.42. The fourth-order valence-corrected chi connectivity index (χ4v) is 5.47. The SMILES string of the molecule is CCOC(=O)Cn1c(=NC(=O)Cn2cnc3c2c(=O)n(C)c(=O)n3C)sc2cc(S(C)(=O)=O)ccc21. The van der Waals surface area contributed by atoms with Gasteiger partial charge in [-0.3, -0.25) is 23.5 Å². The maximum absolute atomic E-state index is 12.9. The van der Waals surface area contributed by atoms with Crippen LogP contribution < -0.4 is 16.1 Å². The zero-order valence-corrected chi connectivity index (χ0v) is 21.4. The Morgan fingerprint density at radius 3 is 2.53 bits per heavy atom. The van der Waals surface area contributed by atoms with Crippen molar-refractivity contribution in [3.63, 3.8) is 0 Å². The van der Waals surface area contributed by atoms with Gasteiger partial charge in [-0.25, -0.2) is 18.2 Å². The number of rotatable bonds is 6. The number of benzene rings is 1. The summed E-state index contributed by atoms with van der Waals surface area (Å²) in [5.74, 6) is -1.21. The number of amides is 1. The van der Waals surface area contributed by atoms with Gasteiger partial charge < -0.3 is 13.9 Å². The zero-order valence-electron chi connectivity index (χ0n) is 19.8. The third-order valence-corrected chi connectivity index (χ3v) is 7.57. The van der Waals surface area contributed by atoms with Gasteiger partial charge in [0.05, 0.1) is 28.0 Å². The van der Waals surface area contributed by atoms with Gasteiger partial charge in [0.1, 0.15) is 13.1 Å². The highest BCUT2D eigenvalue weighted by Gasteiger charge is 2.18. The number of fused-ring (bicyclic) bond motifs is 2. The van der Waals surface area contributed by atoms with Gasteiger partial charge in [0.25, 0.3) is 11.5 Å². The molecule has 0 bridgehead atoms. The molecule has 0 saturated heterocycles. The summed E-state index contributed by atoms with van der Waals surface area (Å²) in [4.78, 5) is 58.4. The number of aryl methyl sites for hydroxylation is 1. The van der Waals surface area contributed by atoms with Crippen molar-refractivity contribution in [3.05, 3.63) is 50.2 Å². The molecular weight excluding hydrogens is 512 g/mol. The lowest BCUT2D eigenvalue weighted by molar-refractivity contribution is -0.143. The summed E-state index contributed by atoms with van der Waals surface area (Å²) in [6.07, 6.45) is 2.35. The molecule has 0 fully saturated rings. The Morgan fingerprint density at radius 2 is 1.86 bits per heavy atom. The van der Waals surface area contributed by atoms with E-state index in [4.69, 9.17) is 4.74 Å². The predicted octanol–water partition coefficient (Wildman–Crippen LogP) is -0.456. The quantitative estimate of drug-likeness (QED) is 0.301. The van der Waals surface area contributed by atoms with Crippen LogP contribution in [0.2, 0.25) is 0 Å².